The van der Waals surface area contributed by atoms with Gasteiger partial charge in [0.1, 0.15) is 4.88 Å². The zero-order valence-electron chi connectivity index (χ0n) is 13.4. The van der Waals surface area contributed by atoms with E-state index in [1.54, 1.807) is 6.07 Å². The van der Waals surface area contributed by atoms with E-state index in [4.69, 9.17) is 5.11 Å². The van der Waals surface area contributed by atoms with Crippen LogP contribution in [0.5, 0.6) is 0 Å². The van der Waals surface area contributed by atoms with Crippen molar-refractivity contribution < 1.29 is 9.90 Å². The Labute approximate surface area is 141 Å². The standard InChI is InChI=1S/C19H23NO2S/c1-13(14-6-3-2-4-7-14)20-16-9-5-8-15(12-16)17-10-11-18(23-17)19(21)22/h5,8-14,20H,2-4,6-7H2,1H3,(H,21,22). The molecule has 1 unspecified atom stereocenters. The van der Waals surface area contributed by atoms with Crippen LogP contribution in [0.25, 0.3) is 10.4 Å². The molecule has 1 aliphatic rings. The molecule has 0 amide bonds. The minimum Gasteiger partial charge on any atom is -0.477 e. The van der Waals surface area contributed by atoms with Gasteiger partial charge in [-0.1, -0.05) is 31.4 Å². The number of carboxylic acids is 1. The minimum absolute atomic E-state index is 0.383. The monoisotopic (exact) mass is 329 g/mol. The molecule has 1 heterocycles. The van der Waals surface area contributed by atoms with Crippen LogP contribution in [0.1, 0.15) is 48.7 Å². The van der Waals surface area contributed by atoms with E-state index >= 15 is 0 Å². The van der Waals surface area contributed by atoms with Gasteiger partial charge < -0.3 is 10.4 Å². The van der Waals surface area contributed by atoms with Crippen LogP contribution >= 0.6 is 11.3 Å². The lowest BCUT2D eigenvalue weighted by molar-refractivity contribution is 0.0702. The molecule has 0 aliphatic heterocycles. The molecule has 1 fully saturated rings. The van der Waals surface area contributed by atoms with Crippen molar-refractivity contribution >= 4 is 23.0 Å². The maximum Gasteiger partial charge on any atom is 0.345 e. The van der Waals surface area contributed by atoms with Crippen LogP contribution in [0.4, 0.5) is 5.69 Å². The van der Waals surface area contributed by atoms with Crippen molar-refractivity contribution in [2.24, 2.45) is 5.92 Å². The van der Waals surface area contributed by atoms with Gasteiger partial charge in [0.05, 0.1) is 0 Å². The SMILES string of the molecule is CC(Nc1cccc(-c2ccc(C(=O)O)s2)c1)C1CCCCC1. The molecule has 23 heavy (non-hydrogen) atoms. The molecule has 0 radical (unpaired) electrons. The van der Waals surface area contributed by atoms with Crippen molar-refractivity contribution in [2.45, 2.75) is 45.1 Å². The third-order valence-electron chi connectivity index (χ3n) is 4.72. The molecule has 0 saturated heterocycles. The van der Waals surface area contributed by atoms with Gasteiger partial charge in [0.25, 0.3) is 0 Å². The highest BCUT2D eigenvalue weighted by molar-refractivity contribution is 7.17. The first-order valence-electron chi connectivity index (χ1n) is 8.33. The van der Waals surface area contributed by atoms with Crippen LogP contribution in [-0.4, -0.2) is 17.1 Å². The van der Waals surface area contributed by atoms with E-state index in [-0.39, 0.29) is 0 Å². The number of benzene rings is 1. The fraction of sp³-hybridized carbons (Fsp3) is 0.421. The molecule has 2 N–H and O–H groups in total. The number of carbonyl (C=O) groups is 1. The largest absolute Gasteiger partial charge is 0.477 e. The number of hydrogen-bond acceptors (Lipinski definition) is 3. The molecule has 122 valence electrons. The summed E-state index contributed by atoms with van der Waals surface area (Å²) in [4.78, 5) is 12.4. The van der Waals surface area contributed by atoms with Gasteiger partial charge in [-0.25, -0.2) is 4.79 Å². The maximum absolute atomic E-state index is 11.0. The Morgan fingerprint density at radius 3 is 2.70 bits per heavy atom. The van der Waals surface area contributed by atoms with Gasteiger partial charge in [-0.05, 0) is 55.5 Å². The van der Waals surface area contributed by atoms with Crippen molar-refractivity contribution in [3.8, 4) is 10.4 Å². The zero-order valence-corrected chi connectivity index (χ0v) is 14.2. The highest BCUT2D eigenvalue weighted by Gasteiger charge is 2.20. The summed E-state index contributed by atoms with van der Waals surface area (Å²) in [5.74, 6) is -0.103. The minimum atomic E-state index is -0.860. The number of carboxylic acid groups (broad SMARTS) is 1. The number of anilines is 1. The van der Waals surface area contributed by atoms with Crippen LogP contribution in [0.3, 0.4) is 0 Å². The Bertz CT molecular complexity index is 674. The maximum atomic E-state index is 11.0. The highest BCUT2D eigenvalue weighted by atomic mass is 32.1. The zero-order chi connectivity index (χ0) is 16.2. The van der Waals surface area contributed by atoms with E-state index in [0.717, 1.165) is 22.0 Å². The molecule has 1 aromatic carbocycles. The van der Waals surface area contributed by atoms with Crippen molar-refractivity contribution in [1.82, 2.24) is 0 Å². The van der Waals surface area contributed by atoms with Gasteiger partial charge in [-0.2, -0.15) is 0 Å². The summed E-state index contributed by atoms with van der Waals surface area (Å²) in [7, 11) is 0. The Morgan fingerprint density at radius 2 is 2.00 bits per heavy atom. The summed E-state index contributed by atoms with van der Waals surface area (Å²) in [5, 5.41) is 12.7. The van der Waals surface area contributed by atoms with E-state index in [1.165, 1.54) is 43.4 Å². The molecule has 1 atom stereocenters. The third-order valence-corrected chi connectivity index (χ3v) is 5.84. The van der Waals surface area contributed by atoms with Crippen molar-refractivity contribution in [2.75, 3.05) is 5.32 Å². The number of nitrogens with one attached hydrogen (secondary N) is 1. The molecule has 1 aliphatic carbocycles. The summed E-state index contributed by atoms with van der Waals surface area (Å²) in [5.41, 5.74) is 2.19. The quantitative estimate of drug-likeness (QED) is 0.762. The first-order chi connectivity index (χ1) is 11.1. The molecule has 0 bridgehead atoms. The van der Waals surface area contributed by atoms with E-state index in [9.17, 15) is 4.79 Å². The number of aromatic carboxylic acids is 1. The van der Waals surface area contributed by atoms with Crippen LogP contribution in [0.15, 0.2) is 36.4 Å². The Hall–Kier alpha value is -1.81. The first-order valence-corrected chi connectivity index (χ1v) is 9.15. The van der Waals surface area contributed by atoms with Gasteiger partial charge in [-0.15, -0.1) is 11.3 Å². The van der Waals surface area contributed by atoms with E-state index in [2.05, 4.69) is 24.4 Å². The lowest BCUT2D eigenvalue weighted by Crippen LogP contribution is -2.27. The fourth-order valence-corrected chi connectivity index (χ4v) is 4.23. The molecule has 3 nitrogen and oxygen atoms in total. The summed E-state index contributed by atoms with van der Waals surface area (Å²) in [6, 6.07) is 12.3. The molecule has 1 aromatic heterocycles. The molecule has 0 spiro atoms. The van der Waals surface area contributed by atoms with Crippen molar-refractivity contribution in [1.29, 1.82) is 0 Å². The van der Waals surface area contributed by atoms with Crippen LogP contribution < -0.4 is 5.32 Å². The van der Waals surface area contributed by atoms with Gasteiger partial charge >= 0.3 is 5.97 Å². The predicted octanol–water partition coefficient (Wildman–Crippen LogP) is 5.49. The summed E-state index contributed by atoms with van der Waals surface area (Å²) in [6.07, 6.45) is 6.72. The smallest absolute Gasteiger partial charge is 0.345 e. The first kappa shape index (κ1) is 16.1. The van der Waals surface area contributed by atoms with Gasteiger partial charge in [0, 0.05) is 16.6 Å². The average molecular weight is 329 g/mol. The number of rotatable bonds is 5. The summed E-state index contributed by atoms with van der Waals surface area (Å²) < 4.78 is 0. The van der Waals surface area contributed by atoms with Crippen molar-refractivity contribution in [3.63, 3.8) is 0 Å². The van der Waals surface area contributed by atoms with Gasteiger partial charge in [0.15, 0.2) is 0 Å². The molecule has 1 saturated carbocycles. The highest BCUT2D eigenvalue weighted by Crippen LogP contribution is 2.31. The van der Waals surface area contributed by atoms with Crippen LogP contribution in [-0.2, 0) is 0 Å². The van der Waals surface area contributed by atoms with E-state index < -0.39 is 5.97 Å². The Kier molecular flexibility index (Phi) is 5.01. The lowest BCUT2D eigenvalue weighted by Gasteiger charge is -2.29. The van der Waals surface area contributed by atoms with E-state index in [0.29, 0.717) is 10.9 Å². The molecular formula is C19H23NO2S. The number of thiophene rings is 1. The third kappa shape index (κ3) is 3.94. The fourth-order valence-electron chi connectivity index (χ4n) is 3.39. The topological polar surface area (TPSA) is 49.3 Å². The average Bonchev–Trinajstić information content (AvgIpc) is 3.06. The van der Waals surface area contributed by atoms with E-state index in [1.807, 2.05) is 18.2 Å². The Balaban J connectivity index is 1.72. The molecule has 2 aromatic rings. The summed E-state index contributed by atoms with van der Waals surface area (Å²) >= 11 is 1.32. The van der Waals surface area contributed by atoms with Crippen LogP contribution in [0, 0.1) is 5.92 Å². The second-order valence-electron chi connectivity index (χ2n) is 6.38. The van der Waals surface area contributed by atoms with Crippen LogP contribution in [0.2, 0.25) is 0 Å². The Morgan fingerprint density at radius 1 is 1.22 bits per heavy atom. The lowest BCUT2D eigenvalue weighted by atomic mass is 9.84. The second kappa shape index (κ2) is 7.18. The van der Waals surface area contributed by atoms with Crippen molar-refractivity contribution in [3.05, 3.63) is 41.3 Å². The summed E-state index contributed by atoms with van der Waals surface area (Å²) in [6.45, 7) is 2.27. The molecule has 4 heteroatoms. The number of hydrogen-bond donors (Lipinski definition) is 2. The molecular weight excluding hydrogens is 306 g/mol. The van der Waals surface area contributed by atoms with Gasteiger partial charge in [-0.3, -0.25) is 0 Å². The normalized spacial score (nSPS) is 16.9. The van der Waals surface area contributed by atoms with Gasteiger partial charge in [0.2, 0.25) is 0 Å². The molecule has 3 rings (SSSR count). The second-order valence-corrected chi connectivity index (χ2v) is 7.46. The predicted molar refractivity (Wildman–Crippen MR) is 96.4 cm³/mol.